The molecule has 5 heteroatoms. The van der Waals surface area contributed by atoms with Crippen LogP contribution in [-0.4, -0.2) is 57.6 Å². The molecule has 1 fully saturated rings. The molecule has 2 aromatic heterocycles. The van der Waals surface area contributed by atoms with Crippen molar-refractivity contribution in [3.63, 3.8) is 0 Å². The first-order valence-corrected chi connectivity index (χ1v) is 12.4. The van der Waals surface area contributed by atoms with E-state index >= 15 is 0 Å². The van der Waals surface area contributed by atoms with E-state index in [2.05, 4.69) is 96.8 Å². The summed E-state index contributed by atoms with van der Waals surface area (Å²) in [5.74, 6) is 1.09. The predicted octanol–water partition coefficient (Wildman–Crippen LogP) is 5.07. The lowest BCUT2D eigenvalue weighted by Gasteiger charge is -2.32. The second kappa shape index (κ2) is 9.69. The van der Waals surface area contributed by atoms with E-state index in [1.165, 1.54) is 27.8 Å². The number of piperazine rings is 1. The van der Waals surface area contributed by atoms with Crippen molar-refractivity contribution < 1.29 is 0 Å². The molecule has 0 spiro atoms. The number of hydrogen-bond acceptors (Lipinski definition) is 4. The summed E-state index contributed by atoms with van der Waals surface area (Å²) in [4.78, 5) is 14.7. The van der Waals surface area contributed by atoms with Crippen molar-refractivity contribution in [3.8, 4) is 11.1 Å². The van der Waals surface area contributed by atoms with Crippen LogP contribution in [0.3, 0.4) is 0 Å². The average molecular weight is 454 g/mol. The van der Waals surface area contributed by atoms with Gasteiger partial charge in [-0.15, -0.1) is 0 Å². The maximum absolute atomic E-state index is 4.89. The molecule has 1 saturated heterocycles. The third-order valence-electron chi connectivity index (χ3n) is 6.97. The first-order valence-electron chi connectivity index (χ1n) is 12.4. The highest BCUT2D eigenvalue weighted by Gasteiger charge is 2.15. The fourth-order valence-corrected chi connectivity index (χ4v) is 4.98. The maximum atomic E-state index is 4.89. The van der Waals surface area contributed by atoms with Gasteiger partial charge in [-0.2, -0.15) is 0 Å². The molecule has 1 aliphatic rings. The maximum Gasteiger partial charge on any atom is 0.160 e. The largest absolute Gasteiger partial charge is 0.308 e. The number of aromatic nitrogens is 3. The lowest BCUT2D eigenvalue weighted by molar-refractivity contribution is 0.148. The van der Waals surface area contributed by atoms with Gasteiger partial charge in [0.15, 0.2) is 5.65 Å². The van der Waals surface area contributed by atoms with Gasteiger partial charge in [0.1, 0.15) is 11.3 Å². The Labute approximate surface area is 203 Å². The van der Waals surface area contributed by atoms with Gasteiger partial charge in [-0.1, -0.05) is 49.4 Å². The third kappa shape index (κ3) is 4.77. The molecular formula is C29H35N5. The van der Waals surface area contributed by atoms with Gasteiger partial charge in [-0.3, -0.25) is 4.90 Å². The zero-order valence-electron chi connectivity index (χ0n) is 20.9. The van der Waals surface area contributed by atoms with E-state index in [4.69, 9.17) is 9.97 Å². The quantitative estimate of drug-likeness (QED) is 0.408. The number of benzene rings is 2. The van der Waals surface area contributed by atoms with Gasteiger partial charge in [-0.05, 0) is 60.8 Å². The number of imidazole rings is 1. The van der Waals surface area contributed by atoms with E-state index in [-0.39, 0.29) is 0 Å². The number of likely N-dealkylation sites (N-methyl/N-ethyl adjacent to an activating group) is 1. The van der Waals surface area contributed by atoms with Crippen molar-refractivity contribution >= 4 is 11.2 Å². The van der Waals surface area contributed by atoms with E-state index < -0.39 is 0 Å². The molecule has 0 saturated carbocycles. The number of rotatable bonds is 6. The van der Waals surface area contributed by atoms with Crippen molar-refractivity contribution in [3.05, 3.63) is 82.8 Å². The number of aryl methyl sites for hydroxylation is 3. The summed E-state index contributed by atoms with van der Waals surface area (Å²) in [6.45, 7) is 12.8. The van der Waals surface area contributed by atoms with Crippen molar-refractivity contribution in [2.45, 2.75) is 40.3 Å². The van der Waals surface area contributed by atoms with Crippen LogP contribution in [0.1, 0.15) is 35.1 Å². The molecule has 0 amide bonds. The topological polar surface area (TPSA) is 37.2 Å². The highest BCUT2D eigenvalue weighted by Crippen LogP contribution is 2.24. The van der Waals surface area contributed by atoms with Crippen LogP contribution in [0.15, 0.2) is 54.6 Å². The van der Waals surface area contributed by atoms with E-state index in [0.717, 1.165) is 68.4 Å². The summed E-state index contributed by atoms with van der Waals surface area (Å²) in [7, 11) is 2.21. The molecule has 5 nitrogen and oxygen atoms in total. The van der Waals surface area contributed by atoms with Crippen LogP contribution >= 0.6 is 0 Å². The van der Waals surface area contributed by atoms with E-state index in [1.54, 1.807) is 0 Å². The highest BCUT2D eigenvalue weighted by molar-refractivity contribution is 5.76. The summed E-state index contributed by atoms with van der Waals surface area (Å²) in [5, 5.41) is 0. The molecule has 4 aromatic rings. The second-order valence-corrected chi connectivity index (χ2v) is 9.70. The minimum Gasteiger partial charge on any atom is -0.308 e. The van der Waals surface area contributed by atoms with Crippen LogP contribution in [0, 0.1) is 13.8 Å². The molecule has 0 unspecified atom stereocenters. The fourth-order valence-electron chi connectivity index (χ4n) is 4.98. The molecule has 0 aliphatic carbocycles. The van der Waals surface area contributed by atoms with Crippen molar-refractivity contribution in [2.24, 2.45) is 0 Å². The van der Waals surface area contributed by atoms with Crippen LogP contribution in [0.4, 0.5) is 0 Å². The lowest BCUT2D eigenvalue weighted by Crippen LogP contribution is -2.43. The van der Waals surface area contributed by atoms with Gasteiger partial charge in [0.2, 0.25) is 0 Å². The van der Waals surface area contributed by atoms with Gasteiger partial charge in [-0.25, -0.2) is 9.97 Å². The number of hydrogen-bond donors (Lipinski definition) is 0. The molecular weight excluding hydrogens is 418 g/mol. The Hall–Kier alpha value is -3.02. The number of nitrogens with zero attached hydrogens (tertiary/aromatic N) is 5. The van der Waals surface area contributed by atoms with E-state index in [9.17, 15) is 0 Å². The van der Waals surface area contributed by atoms with Gasteiger partial charge in [0, 0.05) is 44.8 Å². The van der Waals surface area contributed by atoms with E-state index in [0.29, 0.717) is 0 Å². The van der Waals surface area contributed by atoms with Crippen LogP contribution < -0.4 is 0 Å². The summed E-state index contributed by atoms with van der Waals surface area (Å²) in [6.07, 6.45) is 0.896. The average Bonchev–Trinajstić information content (AvgIpc) is 3.19. The number of fused-ring (bicyclic) bond motifs is 1. The van der Waals surface area contributed by atoms with Gasteiger partial charge >= 0.3 is 0 Å². The Morgan fingerprint density at radius 1 is 0.794 bits per heavy atom. The molecule has 1 aliphatic heterocycles. The molecule has 176 valence electrons. The Balaban J connectivity index is 1.35. The van der Waals surface area contributed by atoms with Crippen LogP contribution in [0.25, 0.3) is 22.3 Å². The molecule has 2 aromatic carbocycles. The van der Waals surface area contributed by atoms with E-state index in [1.807, 2.05) is 0 Å². The van der Waals surface area contributed by atoms with Crippen molar-refractivity contribution in [1.29, 1.82) is 0 Å². The smallest absolute Gasteiger partial charge is 0.160 e. The van der Waals surface area contributed by atoms with Crippen molar-refractivity contribution in [1.82, 2.24) is 24.3 Å². The standard InChI is InChI=1S/C29H35N5/c1-5-27-31-28-21(2)17-22(3)30-29(28)34(27)20-23-9-11-25(12-10-23)26-8-6-7-24(18-26)19-33-15-13-32(4)14-16-33/h6-12,17-18H,5,13-16,19-20H2,1-4H3. The normalized spacial score (nSPS) is 15.3. The zero-order chi connectivity index (χ0) is 23.7. The van der Waals surface area contributed by atoms with Crippen molar-refractivity contribution in [2.75, 3.05) is 33.2 Å². The van der Waals surface area contributed by atoms with Crippen LogP contribution in [-0.2, 0) is 19.5 Å². The Morgan fingerprint density at radius 2 is 1.56 bits per heavy atom. The highest BCUT2D eigenvalue weighted by atomic mass is 15.2. The Morgan fingerprint density at radius 3 is 2.29 bits per heavy atom. The molecule has 5 rings (SSSR count). The van der Waals surface area contributed by atoms with Crippen LogP contribution in [0.2, 0.25) is 0 Å². The molecule has 0 radical (unpaired) electrons. The molecule has 3 heterocycles. The summed E-state index contributed by atoms with van der Waals surface area (Å²) in [6, 6.07) is 20.1. The summed E-state index contributed by atoms with van der Waals surface area (Å²) in [5.41, 5.74) is 9.47. The fraction of sp³-hybridized carbons (Fsp3) is 0.379. The SMILES string of the molecule is CCc1nc2c(C)cc(C)nc2n1Cc1ccc(-c2cccc(CN3CCN(C)CC3)c2)cc1. The molecule has 0 atom stereocenters. The minimum atomic E-state index is 0.791. The van der Waals surface area contributed by atoms with Gasteiger partial charge in [0.05, 0.1) is 6.54 Å². The summed E-state index contributed by atoms with van der Waals surface area (Å²) >= 11 is 0. The Kier molecular flexibility index (Phi) is 6.48. The monoisotopic (exact) mass is 453 g/mol. The van der Waals surface area contributed by atoms with Gasteiger partial charge in [0.25, 0.3) is 0 Å². The lowest BCUT2D eigenvalue weighted by atomic mass is 10.0. The zero-order valence-corrected chi connectivity index (χ0v) is 20.9. The molecule has 0 N–H and O–H groups in total. The summed E-state index contributed by atoms with van der Waals surface area (Å²) < 4.78 is 2.28. The molecule has 0 bridgehead atoms. The van der Waals surface area contributed by atoms with Gasteiger partial charge < -0.3 is 9.47 Å². The number of pyridine rings is 1. The third-order valence-corrected chi connectivity index (χ3v) is 6.97. The Bertz CT molecular complexity index is 1280. The second-order valence-electron chi connectivity index (χ2n) is 9.70. The minimum absolute atomic E-state index is 0.791. The van der Waals surface area contributed by atoms with Crippen LogP contribution in [0.5, 0.6) is 0 Å². The first-order chi connectivity index (χ1) is 16.5. The molecule has 34 heavy (non-hydrogen) atoms. The predicted molar refractivity (Wildman–Crippen MR) is 140 cm³/mol. The first kappa shape index (κ1) is 22.8.